The SMILES string of the molecule is c1ccc2c(CC[n+]3cc(-c4c[nH]c5ccccc45)cc(-c4c[nH]c5ccccc45)c3)c[nH]c2c1. The second-order valence-corrected chi connectivity index (χ2v) is 9.16. The van der Waals surface area contributed by atoms with Crippen LogP contribution in [0.5, 0.6) is 0 Å². The molecule has 4 heteroatoms. The fourth-order valence-electron chi connectivity index (χ4n) is 5.27. The van der Waals surface area contributed by atoms with E-state index in [0.717, 1.165) is 24.0 Å². The zero-order valence-corrected chi connectivity index (χ0v) is 19.3. The van der Waals surface area contributed by atoms with E-state index in [1.165, 1.54) is 49.5 Å². The first-order valence-corrected chi connectivity index (χ1v) is 12.1. The van der Waals surface area contributed by atoms with Crippen LogP contribution in [0.1, 0.15) is 5.56 Å². The summed E-state index contributed by atoms with van der Waals surface area (Å²) in [6.07, 6.45) is 11.9. The molecular weight excluding hydrogens is 428 g/mol. The van der Waals surface area contributed by atoms with Gasteiger partial charge in [0.1, 0.15) is 0 Å². The Morgan fingerprint density at radius 1 is 0.543 bits per heavy atom. The van der Waals surface area contributed by atoms with Gasteiger partial charge in [0.05, 0.1) is 0 Å². The van der Waals surface area contributed by atoms with Gasteiger partial charge in [-0.25, -0.2) is 4.57 Å². The Hall–Kier alpha value is -4.57. The second-order valence-electron chi connectivity index (χ2n) is 9.16. The largest absolute Gasteiger partial charge is 0.361 e. The molecule has 0 aliphatic heterocycles. The molecule has 0 aliphatic rings. The van der Waals surface area contributed by atoms with Crippen LogP contribution < -0.4 is 4.57 Å². The van der Waals surface area contributed by atoms with Crippen LogP contribution in [0.2, 0.25) is 0 Å². The number of aromatic nitrogens is 4. The van der Waals surface area contributed by atoms with E-state index in [1.807, 2.05) is 0 Å². The number of rotatable bonds is 5. The van der Waals surface area contributed by atoms with E-state index in [0.29, 0.717) is 0 Å². The van der Waals surface area contributed by atoms with Gasteiger partial charge in [0, 0.05) is 80.0 Å². The minimum absolute atomic E-state index is 0.896. The minimum atomic E-state index is 0.896. The van der Waals surface area contributed by atoms with Gasteiger partial charge in [0.25, 0.3) is 0 Å². The van der Waals surface area contributed by atoms with Crippen molar-refractivity contribution in [2.75, 3.05) is 0 Å². The molecule has 0 aliphatic carbocycles. The third-order valence-electron chi connectivity index (χ3n) is 7.04. The topological polar surface area (TPSA) is 51.2 Å². The molecule has 4 nitrogen and oxygen atoms in total. The first kappa shape index (κ1) is 19.9. The van der Waals surface area contributed by atoms with Crippen molar-refractivity contribution < 1.29 is 4.57 Å². The third kappa shape index (κ3) is 3.42. The van der Waals surface area contributed by atoms with Crippen LogP contribution in [0.25, 0.3) is 55.0 Å². The third-order valence-corrected chi connectivity index (χ3v) is 7.04. The van der Waals surface area contributed by atoms with Crippen LogP contribution in [0.3, 0.4) is 0 Å². The van der Waals surface area contributed by atoms with Crippen molar-refractivity contribution in [3.63, 3.8) is 0 Å². The fraction of sp³-hybridized carbons (Fsp3) is 0.0645. The predicted molar refractivity (Wildman–Crippen MR) is 143 cm³/mol. The van der Waals surface area contributed by atoms with Crippen molar-refractivity contribution in [3.8, 4) is 22.3 Å². The average Bonchev–Trinajstić information content (AvgIpc) is 3.64. The molecule has 168 valence electrons. The van der Waals surface area contributed by atoms with Crippen LogP contribution in [-0.4, -0.2) is 15.0 Å². The van der Waals surface area contributed by atoms with Gasteiger partial charge >= 0.3 is 0 Å². The van der Waals surface area contributed by atoms with E-state index < -0.39 is 0 Å². The Kier molecular flexibility index (Phi) is 4.56. The fourth-order valence-corrected chi connectivity index (χ4v) is 5.27. The highest BCUT2D eigenvalue weighted by Gasteiger charge is 2.17. The van der Waals surface area contributed by atoms with Gasteiger partial charge in [-0.15, -0.1) is 0 Å². The molecule has 0 bridgehead atoms. The quantitative estimate of drug-likeness (QED) is 0.235. The molecule has 0 fully saturated rings. The van der Waals surface area contributed by atoms with Gasteiger partial charge in [-0.2, -0.15) is 0 Å². The lowest BCUT2D eigenvalue weighted by atomic mass is 10.0. The van der Waals surface area contributed by atoms with Gasteiger partial charge in [-0.1, -0.05) is 54.6 Å². The summed E-state index contributed by atoms with van der Waals surface area (Å²) in [5, 5.41) is 3.79. The molecule has 7 aromatic rings. The molecule has 35 heavy (non-hydrogen) atoms. The molecule has 0 saturated carbocycles. The van der Waals surface area contributed by atoms with E-state index in [-0.39, 0.29) is 0 Å². The average molecular weight is 454 g/mol. The van der Waals surface area contributed by atoms with Gasteiger partial charge in [-0.05, 0) is 29.8 Å². The molecular formula is C31H25N4+. The molecule has 0 spiro atoms. The maximum Gasteiger partial charge on any atom is 0.176 e. The van der Waals surface area contributed by atoms with Crippen LogP contribution in [0.15, 0.2) is 110 Å². The molecule has 7 rings (SSSR count). The summed E-state index contributed by atoms with van der Waals surface area (Å²) in [6.45, 7) is 0.896. The number of nitrogens with zero attached hydrogens (tertiary/aromatic N) is 1. The van der Waals surface area contributed by atoms with E-state index >= 15 is 0 Å². The number of fused-ring (bicyclic) bond motifs is 3. The Bertz CT molecular complexity index is 1720. The summed E-state index contributed by atoms with van der Waals surface area (Å²) in [4.78, 5) is 10.3. The van der Waals surface area contributed by atoms with E-state index in [1.54, 1.807) is 0 Å². The Morgan fingerprint density at radius 3 is 1.63 bits per heavy atom. The number of benzene rings is 3. The summed E-state index contributed by atoms with van der Waals surface area (Å²) in [7, 11) is 0. The van der Waals surface area contributed by atoms with Gasteiger partial charge in [0.2, 0.25) is 0 Å². The van der Waals surface area contributed by atoms with Crippen LogP contribution in [0.4, 0.5) is 0 Å². The zero-order chi connectivity index (χ0) is 23.2. The monoisotopic (exact) mass is 453 g/mol. The number of hydrogen-bond donors (Lipinski definition) is 3. The van der Waals surface area contributed by atoms with Crippen molar-refractivity contribution in [2.45, 2.75) is 13.0 Å². The van der Waals surface area contributed by atoms with Gasteiger partial charge in [-0.3, -0.25) is 0 Å². The van der Waals surface area contributed by atoms with Crippen molar-refractivity contribution in [2.24, 2.45) is 0 Å². The smallest absolute Gasteiger partial charge is 0.176 e. The van der Waals surface area contributed by atoms with Crippen molar-refractivity contribution in [1.29, 1.82) is 0 Å². The highest BCUT2D eigenvalue weighted by molar-refractivity contribution is 5.98. The van der Waals surface area contributed by atoms with Gasteiger partial charge in [0.15, 0.2) is 18.9 Å². The minimum Gasteiger partial charge on any atom is -0.361 e. The highest BCUT2D eigenvalue weighted by Crippen LogP contribution is 2.33. The highest BCUT2D eigenvalue weighted by atomic mass is 14.9. The van der Waals surface area contributed by atoms with E-state index in [9.17, 15) is 0 Å². The number of nitrogens with one attached hydrogen (secondary N) is 3. The molecule has 0 amide bonds. The van der Waals surface area contributed by atoms with Crippen LogP contribution in [-0.2, 0) is 13.0 Å². The number of pyridine rings is 1. The number of para-hydroxylation sites is 3. The predicted octanol–water partition coefficient (Wildman–Crippen LogP) is 6.99. The molecule has 3 N–H and O–H groups in total. The zero-order valence-electron chi connectivity index (χ0n) is 19.3. The number of aromatic amines is 3. The molecule has 0 atom stereocenters. The second kappa shape index (κ2) is 8.03. The summed E-state index contributed by atoms with van der Waals surface area (Å²) in [5.41, 5.74) is 9.73. The lowest BCUT2D eigenvalue weighted by molar-refractivity contribution is -0.695. The standard InChI is InChI=1S/C31H25N4/c1-4-10-29-24(7-1)21(16-32-29)13-14-35-19-22(27-17-33-30-11-5-2-8-25(27)30)15-23(20-35)28-18-34-31-12-6-3-9-26(28)31/h1-12,15-20,32-34H,13-14H2/q+1. The Labute approximate surface area is 202 Å². The van der Waals surface area contributed by atoms with Crippen molar-refractivity contribution in [1.82, 2.24) is 15.0 Å². The summed E-state index contributed by atoms with van der Waals surface area (Å²) in [6, 6.07) is 27.8. The number of hydrogen-bond acceptors (Lipinski definition) is 0. The Morgan fingerprint density at radius 2 is 1.03 bits per heavy atom. The van der Waals surface area contributed by atoms with Crippen molar-refractivity contribution >= 4 is 32.7 Å². The molecule has 0 radical (unpaired) electrons. The summed E-state index contributed by atoms with van der Waals surface area (Å²) >= 11 is 0. The molecule has 4 heterocycles. The maximum absolute atomic E-state index is 3.44. The van der Waals surface area contributed by atoms with Crippen LogP contribution in [0, 0.1) is 0 Å². The summed E-state index contributed by atoms with van der Waals surface area (Å²) < 4.78 is 2.34. The van der Waals surface area contributed by atoms with Crippen molar-refractivity contribution in [3.05, 3.63) is 115 Å². The van der Waals surface area contributed by atoms with Gasteiger partial charge < -0.3 is 15.0 Å². The molecule has 0 saturated heterocycles. The van der Waals surface area contributed by atoms with E-state index in [2.05, 4.69) is 129 Å². The van der Waals surface area contributed by atoms with Crippen LogP contribution >= 0.6 is 0 Å². The lowest BCUT2D eigenvalue weighted by Crippen LogP contribution is -2.34. The Balaban J connectivity index is 1.35. The molecule has 3 aromatic carbocycles. The van der Waals surface area contributed by atoms with E-state index in [4.69, 9.17) is 0 Å². The maximum atomic E-state index is 3.44. The number of aryl methyl sites for hydroxylation is 2. The molecule has 4 aromatic heterocycles. The lowest BCUT2D eigenvalue weighted by Gasteiger charge is -2.06. The number of H-pyrrole nitrogens is 3. The normalized spacial score (nSPS) is 11.7. The first-order chi connectivity index (χ1) is 17.3. The first-order valence-electron chi connectivity index (χ1n) is 12.1. The molecule has 0 unspecified atom stereocenters. The summed E-state index contributed by atoms with van der Waals surface area (Å²) in [5.74, 6) is 0.